The van der Waals surface area contributed by atoms with Gasteiger partial charge >= 0.3 is 6.49 Å². The van der Waals surface area contributed by atoms with Crippen LogP contribution in [0.4, 0.5) is 0 Å². The van der Waals surface area contributed by atoms with E-state index in [-0.39, 0.29) is 17.1 Å². The Morgan fingerprint density at radius 3 is 1.63 bits per heavy atom. The van der Waals surface area contributed by atoms with Gasteiger partial charge in [-0.25, -0.2) is 0 Å². The Kier molecular flexibility index (Phi) is 7.74. The molecule has 0 atom stereocenters. The van der Waals surface area contributed by atoms with Crippen molar-refractivity contribution >= 4 is 29.7 Å². The lowest BCUT2D eigenvalue weighted by Gasteiger charge is -2.28. The van der Waals surface area contributed by atoms with E-state index < -0.39 is 6.49 Å². The van der Waals surface area contributed by atoms with Gasteiger partial charge in [0.1, 0.15) is 12.1 Å². The first-order chi connectivity index (χ1) is 14.7. The second-order valence-electron chi connectivity index (χ2n) is 6.83. The zero-order valence-corrected chi connectivity index (χ0v) is 18.1. The molecule has 152 valence electrons. The maximum absolute atomic E-state index is 9.50. The predicted octanol–water partition coefficient (Wildman–Crippen LogP) is 5.52. The van der Waals surface area contributed by atoms with E-state index in [1.165, 1.54) is 0 Å². The number of oxime groups is 2. The molecule has 2 aromatic carbocycles. The highest BCUT2D eigenvalue weighted by Crippen LogP contribution is 2.58. The van der Waals surface area contributed by atoms with Crippen LogP contribution >= 0.6 is 6.49 Å². The maximum atomic E-state index is 9.50. The van der Waals surface area contributed by atoms with E-state index in [9.17, 15) is 10.5 Å². The Balaban J connectivity index is 1.89. The molecule has 0 unspecified atom stereocenters. The number of nitriles is 2. The minimum Gasteiger partial charge on any atom is -0.325 e. The Bertz CT molecular complexity index is 963. The molecule has 0 N–H and O–H groups in total. The molecule has 1 saturated carbocycles. The molecule has 8 heteroatoms. The van der Waals surface area contributed by atoms with Crippen LogP contribution in [0.5, 0.6) is 0 Å². The average Bonchev–Trinajstić information content (AvgIpc) is 2.82. The van der Waals surface area contributed by atoms with Crippen LogP contribution in [-0.2, 0) is 21.1 Å². The summed E-state index contributed by atoms with van der Waals surface area (Å²) in [6.07, 6.45) is 4.89. The second kappa shape index (κ2) is 10.7. The summed E-state index contributed by atoms with van der Waals surface area (Å²) in [7, 11) is 0. The van der Waals surface area contributed by atoms with Crippen molar-refractivity contribution in [2.24, 2.45) is 10.3 Å². The van der Waals surface area contributed by atoms with E-state index in [2.05, 4.69) is 10.3 Å². The largest absolute Gasteiger partial charge is 0.338 e. The lowest BCUT2D eigenvalue weighted by molar-refractivity contribution is 0.251. The molecule has 0 heterocycles. The molecule has 0 aromatic heterocycles. The molecular weight excluding hydrogens is 415 g/mol. The van der Waals surface area contributed by atoms with E-state index in [4.69, 9.17) is 21.1 Å². The van der Waals surface area contributed by atoms with Crippen molar-refractivity contribution in [3.05, 3.63) is 71.8 Å². The summed E-state index contributed by atoms with van der Waals surface area (Å²) in [5, 5.41) is 27.1. The van der Waals surface area contributed by atoms with E-state index in [1.54, 1.807) is 24.3 Å². The average molecular weight is 436 g/mol. The monoisotopic (exact) mass is 436 g/mol. The smallest absolute Gasteiger partial charge is 0.325 e. The summed E-state index contributed by atoms with van der Waals surface area (Å²) >= 11 is 5.79. The summed E-state index contributed by atoms with van der Waals surface area (Å²) < 4.78 is 11.5. The van der Waals surface area contributed by atoms with Crippen LogP contribution in [0.15, 0.2) is 71.0 Å². The van der Waals surface area contributed by atoms with Gasteiger partial charge in [-0.05, 0) is 24.6 Å². The number of hydrogen-bond acceptors (Lipinski definition) is 7. The SMILES string of the molecule is N#C/C(=N\OP(=S)(O/N=C(\C#N)c1ccccc1)C1CCCCC1)c1ccccc1. The zero-order valence-electron chi connectivity index (χ0n) is 16.3. The van der Waals surface area contributed by atoms with Gasteiger partial charge in [-0.2, -0.15) is 10.5 Å². The first-order valence-electron chi connectivity index (χ1n) is 9.70. The van der Waals surface area contributed by atoms with Gasteiger partial charge in [0, 0.05) is 11.1 Å². The molecule has 2 aromatic rings. The molecule has 0 aliphatic heterocycles. The van der Waals surface area contributed by atoms with Crippen LogP contribution in [-0.4, -0.2) is 17.1 Å². The summed E-state index contributed by atoms with van der Waals surface area (Å²) in [4.78, 5) is 0. The zero-order chi connectivity index (χ0) is 21.2. The number of hydrogen-bond donors (Lipinski definition) is 0. The lowest BCUT2D eigenvalue weighted by atomic mass is 10.0. The first kappa shape index (κ1) is 21.7. The van der Waals surface area contributed by atoms with Crippen molar-refractivity contribution < 1.29 is 9.25 Å². The first-order valence-corrected chi connectivity index (χ1v) is 12.4. The lowest BCUT2D eigenvalue weighted by Crippen LogP contribution is -2.15. The molecule has 0 saturated heterocycles. The second-order valence-corrected chi connectivity index (χ2v) is 10.5. The summed E-state index contributed by atoms with van der Waals surface area (Å²) in [5.41, 5.74) is 1.49. The van der Waals surface area contributed by atoms with Crippen molar-refractivity contribution in [2.75, 3.05) is 0 Å². The van der Waals surface area contributed by atoms with Gasteiger partial charge in [0.2, 0.25) is 0 Å². The number of nitrogens with zero attached hydrogens (tertiary/aromatic N) is 4. The van der Waals surface area contributed by atoms with Crippen LogP contribution in [0.3, 0.4) is 0 Å². The van der Waals surface area contributed by atoms with Crippen molar-refractivity contribution in [2.45, 2.75) is 37.8 Å². The Labute approximate surface area is 181 Å². The van der Waals surface area contributed by atoms with Crippen LogP contribution in [0.2, 0.25) is 0 Å². The molecule has 6 nitrogen and oxygen atoms in total. The van der Waals surface area contributed by atoms with E-state index >= 15 is 0 Å². The van der Waals surface area contributed by atoms with E-state index in [0.29, 0.717) is 11.1 Å². The molecule has 3 rings (SSSR count). The van der Waals surface area contributed by atoms with Crippen LogP contribution in [0.25, 0.3) is 0 Å². The molecular formula is C22H21N4O2PS. The molecule has 0 amide bonds. The summed E-state index contributed by atoms with van der Waals surface area (Å²) in [5.74, 6) is 0. The van der Waals surface area contributed by atoms with Gasteiger partial charge in [0.15, 0.2) is 11.4 Å². The van der Waals surface area contributed by atoms with E-state index in [1.807, 2.05) is 48.5 Å². The highest BCUT2D eigenvalue weighted by Gasteiger charge is 2.36. The Hall–Kier alpha value is -2.99. The molecule has 0 spiro atoms. The van der Waals surface area contributed by atoms with E-state index in [0.717, 1.165) is 32.1 Å². The fraction of sp³-hybridized carbons (Fsp3) is 0.273. The van der Waals surface area contributed by atoms with Gasteiger partial charge in [-0.1, -0.05) is 90.2 Å². The highest BCUT2D eigenvalue weighted by molar-refractivity contribution is 8.10. The third kappa shape index (κ3) is 5.54. The summed E-state index contributed by atoms with van der Waals surface area (Å²) in [6, 6.07) is 22.2. The van der Waals surface area contributed by atoms with Gasteiger partial charge in [0.25, 0.3) is 0 Å². The minimum absolute atomic E-state index is 0.0276. The standard InChI is InChI=1S/C22H21N4O2PS/c23-16-21(18-10-4-1-5-11-18)25-27-29(30,20-14-8-3-9-15-20)28-26-22(17-24)19-12-6-2-7-13-19/h1-2,4-7,10-13,20H,3,8-9,14-15H2/b25-21+,26-22+. The molecule has 1 aliphatic rings. The normalized spacial score (nSPS) is 15.7. The Morgan fingerprint density at radius 2 is 1.23 bits per heavy atom. The van der Waals surface area contributed by atoms with Crippen molar-refractivity contribution in [3.63, 3.8) is 0 Å². The highest BCUT2D eigenvalue weighted by atomic mass is 32.5. The maximum Gasteiger partial charge on any atom is 0.338 e. The molecule has 0 bridgehead atoms. The summed E-state index contributed by atoms with van der Waals surface area (Å²) in [6.45, 7) is -3.01. The fourth-order valence-corrected chi connectivity index (χ4v) is 5.73. The van der Waals surface area contributed by atoms with Gasteiger partial charge < -0.3 is 9.25 Å². The van der Waals surface area contributed by atoms with Gasteiger partial charge in [0.05, 0.1) is 5.66 Å². The predicted molar refractivity (Wildman–Crippen MR) is 121 cm³/mol. The van der Waals surface area contributed by atoms with Crippen molar-refractivity contribution in [3.8, 4) is 12.1 Å². The molecule has 1 aliphatic carbocycles. The number of rotatable bonds is 7. The minimum atomic E-state index is -3.01. The molecule has 30 heavy (non-hydrogen) atoms. The topological polar surface area (TPSA) is 90.8 Å². The third-order valence-electron chi connectivity index (χ3n) is 4.82. The Morgan fingerprint density at radius 1 is 0.800 bits per heavy atom. The van der Waals surface area contributed by atoms with Crippen LogP contribution in [0, 0.1) is 22.7 Å². The van der Waals surface area contributed by atoms with Crippen molar-refractivity contribution in [1.82, 2.24) is 0 Å². The van der Waals surface area contributed by atoms with Gasteiger partial charge in [-0.3, -0.25) is 0 Å². The number of benzene rings is 2. The van der Waals surface area contributed by atoms with Crippen molar-refractivity contribution in [1.29, 1.82) is 10.5 Å². The van der Waals surface area contributed by atoms with Crippen LogP contribution in [0.1, 0.15) is 43.2 Å². The fourth-order valence-electron chi connectivity index (χ4n) is 3.21. The third-order valence-corrected chi connectivity index (χ3v) is 8.14. The quantitative estimate of drug-likeness (QED) is 0.324. The molecule has 1 fully saturated rings. The van der Waals surface area contributed by atoms with Crippen LogP contribution < -0.4 is 0 Å². The molecule has 0 radical (unpaired) electrons. The van der Waals surface area contributed by atoms with Gasteiger partial charge in [-0.15, -0.1) is 0 Å².